The van der Waals surface area contributed by atoms with Gasteiger partial charge in [-0.1, -0.05) is 37.3 Å². The Labute approximate surface area is 101 Å². The van der Waals surface area contributed by atoms with Gasteiger partial charge in [-0.05, 0) is 18.5 Å². The van der Waals surface area contributed by atoms with Gasteiger partial charge in [0, 0.05) is 0 Å². The van der Waals surface area contributed by atoms with Crippen molar-refractivity contribution in [2.24, 2.45) is 0 Å². The van der Waals surface area contributed by atoms with Gasteiger partial charge in [0.05, 0.1) is 13.0 Å². The highest BCUT2D eigenvalue weighted by atomic mass is 16.4. The Kier molecular flexibility index (Phi) is 4.27. The smallest absolute Gasteiger partial charge is 0.230 e. The van der Waals surface area contributed by atoms with Crippen molar-refractivity contribution < 1.29 is 4.42 Å². The van der Waals surface area contributed by atoms with Crippen LogP contribution in [0.3, 0.4) is 0 Å². The molecule has 0 fully saturated rings. The Morgan fingerprint density at radius 1 is 1.12 bits per heavy atom. The Bertz CT molecular complexity index is 439. The zero-order valence-electron chi connectivity index (χ0n) is 10.0. The number of hydrogen-bond donors (Lipinski definition) is 1. The third-order valence-corrected chi connectivity index (χ3v) is 2.41. The normalized spacial score (nSPS) is 10.6. The van der Waals surface area contributed by atoms with E-state index in [2.05, 4.69) is 34.6 Å². The van der Waals surface area contributed by atoms with Gasteiger partial charge in [0.25, 0.3) is 0 Å². The van der Waals surface area contributed by atoms with Crippen LogP contribution in [0.5, 0.6) is 0 Å². The second-order valence-electron chi connectivity index (χ2n) is 3.93. The molecule has 17 heavy (non-hydrogen) atoms. The van der Waals surface area contributed by atoms with Crippen LogP contribution in [0.4, 0.5) is 0 Å². The zero-order valence-corrected chi connectivity index (χ0v) is 10.0. The summed E-state index contributed by atoms with van der Waals surface area (Å²) in [5, 5.41) is 11.3. The van der Waals surface area contributed by atoms with Crippen molar-refractivity contribution in [3.63, 3.8) is 0 Å². The maximum atomic E-state index is 5.55. The van der Waals surface area contributed by atoms with E-state index in [9.17, 15) is 0 Å². The van der Waals surface area contributed by atoms with E-state index in [1.807, 2.05) is 18.2 Å². The lowest BCUT2D eigenvalue weighted by atomic mass is 10.2. The summed E-state index contributed by atoms with van der Waals surface area (Å²) in [6.45, 7) is 3.74. The Morgan fingerprint density at radius 3 is 2.65 bits per heavy atom. The predicted octanol–water partition coefficient (Wildman–Crippen LogP) is 2.16. The fourth-order valence-corrected chi connectivity index (χ4v) is 1.57. The zero-order chi connectivity index (χ0) is 11.9. The minimum atomic E-state index is 0.648. The van der Waals surface area contributed by atoms with Crippen LogP contribution in [0.1, 0.15) is 30.7 Å². The molecular formula is C13H17N3O. The molecule has 0 saturated carbocycles. The Hall–Kier alpha value is -1.68. The number of benzene rings is 1. The van der Waals surface area contributed by atoms with Gasteiger partial charge in [0.2, 0.25) is 11.8 Å². The van der Waals surface area contributed by atoms with Crippen molar-refractivity contribution in [1.29, 1.82) is 0 Å². The van der Waals surface area contributed by atoms with Gasteiger partial charge in [-0.3, -0.25) is 0 Å². The van der Waals surface area contributed by atoms with Gasteiger partial charge in [-0.25, -0.2) is 0 Å². The van der Waals surface area contributed by atoms with Crippen LogP contribution in [-0.4, -0.2) is 16.7 Å². The van der Waals surface area contributed by atoms with E-state index >= 15 is 0 Å². The number of aromatic nitrogens is 2. The van der Waals surface area contributed by atoms with Crippen LogP contribution in [-0.2, 0) is 13.0 Å². The molecule has 4 nitrogen and oxygen atoms in total. The average molecular weight is 231 g/mol. The van der Waals surface area contributed by atoms with E-state index in [0.717, 1.165) is 13.0 Å². The molecule has 2 rings (SSSR count). The summed E-state index contributed by atoms with van der Waals surface area (Å²) in [4.78, 5) is 0. The van der Waals surface area contributed by atoms with Crippen LogP contribution in [0, 0.1) is 0 Å². The van der Waals surface area contributed by atoms with Crippen molar-refractivity contribution in [2.75, 3.05) is 6.54 Å². The number of nitrogens with one attached hydrogen (secondary N) is 1. The fourth-order valence-electron chi connectivity index (χ4n) is 1.57. The molecule has 90 valence electrons. The summed E-state index contributed by atoms with van der Waals surface area (Å²) < 4.78 is 5.55. The van der Waals surface area contributed by atoms with Crippen molar-refractivity contribution in [3.8, 4) is 0 Å². The highest BCUT2D eigenvalue weighted by Gasteiger charge is 2.05. The van der Waals surface area contributed by atoms with E-state index in [1.165, 1.54) is 5.56 Å². The molecule has 2 aromatic rings. The lowest BCUT2D eigenvalue weighted by Gasteiger charge is -1.97. The van der Waals surface area contributed by atoms with Crippen molar-refractivity contribution >= 4 is 0 Å². The second-order valence-corrected chi connectivity index (χ2v) is 3.93. The van der Waals surface area contributed by atoms with Crippen LogP contribution in [0.2, 0.25) is 0 Å². The summed E-state index contributed by atoms with van der Waals surface area (Å²) in [5.41, 5.74) is 1.18. The van der Waals surface area contributed by atoms with Crippen molar-refractivity contribution in [3.05, 3.63) is 47.7 Å². The molecule has 1 N–H and O–H groups in total. The summed E-state index contributed by atoms with van der Waals surface area (Å²) in [7, 11) is 0. The third-order valence-electron chi connectivity index (χ3n) is 2.41. The monoisotopic (exact) mass is 231 g/mol. The standard InChI is InChI=1S/C13H17N3O/c1-2-8-14-10-13-16-15-12(17-13)9-11-6-4-3-5-7-11/h3-7,14H,2,8-10H2,1H3. The molecule has 1 aromatic carbocycles. The topological polar surface area (TPSA) is 51.0 Å². The molecule has 0 saturated heterocycles. The van der Waals surface area contributed by atoms with Crippen LogP contribution >= 0.6 is 0 Å². The largest absolute Gasteiger partial charge is 0.424 e. The highest BCUT2D eigenvalue weighted by molar-refractivity contribution is 5.17. The Balaban J connectivity index is 1.90. The molecule has 0 aliphatic rings. The van der Waals surface area contributed by atoms with E-state index in [4.69, 9.17) is 4.42 Å². The third kappa shape index (κ3) is 3.67. The van der Waals surface area contributed by atoms with Crippen LogP contribution in [0.25, 0.3) is 0 Å². The lowest BCUT2D eigenvalue weighted by Crippen LogP contribution is -2.13. The van der Waals surface area contributed by atoms with E-state index in [1.54, 1.807) is 0 Å². The molecule has 0 aliphatic carbocycles. The van der Waals surface area contributed by atoms with E-state index in [0.29, 0.717) is 24.7 Å². The first-order valence-electron chi connectivity index (χ1n) is 5.94. The average Bonchev–Trinajstić information content (AvgIpc) is 2.79. The maximum absolute atomic E-state index is 5.55. The molecule has 0 bridgehead atoms. The quantitative estimate of drug-likeness (QED) is 0.774. The lowest BCUT2D eigenvalue weighted by molar-refractivity contribution is 0.439. The van der Waals surface area contributed by atoms with E-state index < -0.39 is 0 Å². The number of nitrogens with zero attached hydrogens (tertiary/aromatic N) is 2. The highest BCUT2D eigenvalue weighted by Crippen LogP contribution is 2.07. The van der Waals surface area contributed by atoms with Gasteiger partial charge in [0.1, 0.15) is 0 Å². The first-order chi connectivity index (χ1) is 8.38. The molecule has 0 aliphatic heterocycles. The number of hydrogen-bond acceptors (Lipinski definition) is 4. The molecular weight excluding hydrogens is 214 g/mol. The molecule has 0 unspecified atom stereocenters. The van der Waals surface area contributed by atoms with Gasteiger partial charge in [-0.2, -0.15) is 0 Å². The SMILES string of the molecule is CCCNCc1nnc(Cc2ccccc2)o1. The first-order valence-corrected chi connectivity index (χ1v) is 5.94. The molecule has 1 heterocycles. The summed E-state index contributed by atoms with van der Waals surface area (Å²) in [5.74, 6) is 1.33. The summed E-state index contributed by atoms with van der Waals surface area (Å²) >= 11 is 0. The molecule has 4 heteroatoms. The number of rotatable bonds is 6. The van der Waals surface area contributed by atoms with Gasteiger partial charge in [-0.15, -0.1) is 10.2 Å². The molecule has 0 spiro atoms. The van der Waals surface area contributed by atoms with Crippen molar-refractivity contribution in [1.82, 2.24) is 15.5 Å². The molecule has 0 radical (unpaired) electrons. The first kappa shape index (κ1) is 11.8. The summed E-state index contributed by atoms with van der Waals surface area (Å²) in [6.07, 6.45) is 1.80. The van der Waals surface area contributed by atoms with Gasteiger partial charge < -0.3 is 9.73 Å². The maximum Gasteiger partial charge on any atom is 0.230 e. The van der Waals surface area contributed by atoms with E-state index in [-0.39, 0.29) is 0 Å². The minimum absolute atomic E-state index is 0.648. The Morgan fingerprint density at radius 2 is 1.88 bits per heavy atom. The van der Waals surface area contributed by atoms with Crippen molar-refractivity contribution in [2.45, 2.75) is 26.3 Å². The molecule has 0 atom stereocenters. The van der Waals surface area contributed by atoms with Crippen LogP contribution < -0.4 is 5.32 Å². The van der Waals surface area contributed by atoms with Gasteiger partial charge >= 0.3 is 0 Å². The van der Waals surface area contributed by atoms with Crippen LogP contribution in [0.15, 0.2) is 34.7 Å². The predicted molar refractivity (Wildman–Crippen MR) is 65.5 cm³/mol. The fraction of sp³-hybridized carbons (Fsp3) is 0.385. The second kappa shape index (κ2) is 6.15. The minimum Gasteiger partial charge on any atom is -0.424 e. The summed E-state index contributed by atoms with van der Waals surface area (Å²) in [6, 6.07) is 10.1. The van der Waals surface area contributed by atoms with Gasteiger partial charge in [0.15, 0.2) is 0 Å². The molecule has 1 aromatic heterocycles. The molecule has 0 amide bonds.